The highest BCUT2D eigenvalue weighted by molar-refractivity contribution is 6.73. The molecular weight excluding hydrogens is 224 g/mol. The van der Waals surface area contributed by atoms with Gasteiger partial charge in [-0.15, -0.1) is 0 Å². The second-order valence-corrected chi connectivity index (χ2v) is 9.35. The quantitative estimate of drug-likeness (QED) is 0.328. The lowest BCUT2D eigenvalue weighted by atomic mass is 10.4. The van der Waals surface area contributed by atoms with Crippen molar-refractivity contribution in [1.29, 1.82) is 0 Å². The Morgan fingerprint density at radius 2 is 1.35 bits per heavy atom. The van der Waals surface area contributed by atoms with E-state index in [4.69, 9.17) is 4.43 Å². The van der Waals surface area contributed by atoms with Gasteiger partial charge in [-0.25, -0.2) is 0 Å². The molecule has 0 heterocycles. The summed E-state index contributed by atoms with van der Waals surface area (Å²) < 4.78 is 6.41. The van der Waals surface area contributed by atoms with Crippen molar-refractivity contribution in [3.05, 3.63) is 6.92 Å². The Morgan fingerprint density at radius 1 is 0.824 bits per heavy atom. The molecule has 0 saturated heterocycles. The fourth-order valence-corrected chi connectivity index (χ4v) is 6.75. The smallest absolute Gasteiger partial charge is 0.192 e. The zero-order valence-electron chi connectivity index (χ0n) is 12.4. The van der Waals surface area contributed by atoms with E-state index in [2.05, 4.69) is 27.7 Å². The normalized spacial score (nSPS) is 12.0. The summed E-state index contributed by atoms with van der Waals surface area (Å²) in [5.41, 5.74) is 0. The fraction of sp³-hybridized carbons (Fsp3) is 0.933. The average Bonchev–Trinajstić information content (AvgIpc) is 2.34. The molecule has 1 nitrogen and oxygen atoms in total. The van der Waals surface area contributed by atoms with Crippen molar-refractivity contribution in [3.8, 4) is 0 Å². The van der Waals surface area contributed by atoms with Crippen molar-refractivity contribution in [2.24, 2.45) is 0 Å². The molecule has 17 heavy (non-hydrogen) atoms. The average molecular weight is 258 g/mol. The number of rotatable bonds is 12. The minimum absolute atomic E-state index is 0.996. The lowest BCUT2D eigenvalue weighted by molar-refractivity contribution is 0.287. The second-order valence-electron chi connectivity index (χ2n) is 5.20. The van der Waals surface area contributed by atoms with Gasteiger partial charge in [0.2, 0.25) is 0 Å². The summed E-state index contributed by atoms with van der Waals surface area (Å²) in [6, 6.07) is 4.00. The Labute approximate surface area is 110 Å². The minimum atomic E-state index is -1.44. The van der Waals surface area contributed by atoms with Gasteiger partial charge in [0.05, 0.1) is 0 Å². The molecule has 0 aliphatic carbocycles. The maximum atomic E-state index is 6.41. The molecule has 0 spiro atoms. The molecule has 0 amide bonds. The first-order valence-electron chi connectivity index (χ1n) is 7.67. The van der Waals surface area contributed by atoms with E-state index >= 15 is 0 Å². The Kier molecular flexibility index (Phi) is 11.4. The number of hydrogen-bond acceptors (Lipinski definition) is 1. The highest BCUT2D eigenvalue weighted by Gasteiger charge is 2.32. The van der Waals surface area contributed by atoms with Gasteiger partial charge in [-0.1, -0.05) is 66.2 Å². The van der Waals surface area contributed by atoms with E-state index in [0.717, 1.165) is 13.0 Å². The maximum absolute atomic E-state index is 6.41. The molecule has 1 radical (unpaired) electrons. The van der Waals surface area contributed by atoms with Crippen LogP contribution in [-0.4, -0.2) is 14.9 Å². The largest absolute Gasteiger partial charge is 0.417 e. The van der Waals surface area contributed by atoms with Crippen LogP contribution >= 0.6 is 0 Å². The topological polar surface area (TPSA) is 9.23 Å². The van der Waals surface area contributed by atoms with E-state index in [1.54, 1.807) is 0 Å². The van der Waals surface area contributed by atoms with E-state index in [0.29, 0.717) is 0 Å². The van der Waals surface area contributed by atoms with Crippen molar-refractivity contribution in [1.82, 2.24) is 0 Å². The lowest BCUT2D eigenvalue weighted by Crippen LogP contribution is -2.38. The third-order valence-corrected chi connectivity index (χ3v) is 8.12. The number of hydrogen-bond donors (Lipinski definition) is 0. The van der Waals surface area contributed by atoms with Crippen LogP contribution < -0.4 is 0 Å². The van der Waals surface area contributed by atoms with Crippen LogP contribution in [0.3, 0.4) is 0 Å². The van der Waals surface area contributed by atoms with Gasteiger partial charge in [0.15, 0.2) is 8.32 Å². The maximum Gasteiger partial charge on any atom is 0.192 e. The SMILES string of the molecule is [CH2]CC[Si](CCCC)(CCCC)OCCCC. The molecule has 0 saturated carbocycles. The Hall–Kier alpha value is 0.177. The van der Waals surface area contributed by atoms with Gasteiger partial charge in [0, 0.05) is 6.61 Å². The first-order valence-corrected chi connectivity index (χ1v) is 10.2. The van der Waals surface area contributed by atoms with Gasteiger partial charge in [-0.05, 0) is 24.6 Å². The van der Waals surface area contributed by atoms with Crippen LogP contribution in [0.5, 0.6) is 0 Å². The van der Waals surface area contributed by atoms with E-state index in [9.17, 15) is 0 Å². The van der Waals surface area contributed by atoms with Crippen LogP contribution in [0.2, 0.25) is 18.1 Å². The molecule has 0 aromatic rings. The summed E-state index contributed by atoms with van der Waals surface area (Å²) in [6.45, 7) is 11.9. The Balaban J connectivity index is 4.32. The van der Waals surface area contributed by atoms with E-state index in [1.165, 1.54) is 56.7 Å². The number of unbranched alkanes of at least 4 members (excludes halogenated alkanes) is 3. The Bertz CT molecular complexity index is 151. The molecule has 0 unspecified atom stereocenters. The van der Waals surface area contributed by atoms with Crippen molar-refractivity contribution in [2.75, 3.05) is 6.61 Å². The summed E-state index contributed by atoms with van der Waals surface area (Å²) in [5, 5.41) is 0. The minimum Gasteiger partial charge on any atom is -0.417 e. The van der Waals surface area contributed by atoms with Crippen molar-refractivity contribution < 1.29 is 4.43 Å². The molecule has 0 rings (SSSR count). The third-order valence-electron chi connectivity index (χ3n) is 3.51. The summed E-state index contributed by atoms with van der Waals surface area (Å²) in [5.74, 6) is 0. The molecule has 0 bridgehead atoms. The zero-order valence-corrected chi connectivity index (χ0v) is 13.4. The van der Waals surface area contributed by atoms with E-state index < -0.39 is 8.32 Å². The molecule has 0 atom stereocenters. The van der Waals surface area contributed by atoms with Gasteiger partial charge in [0.1, 0.15) is 0 Å². The predicted octanol–water partition coefficient (Wildman–Crippen LogP) is 5.57. The van der Waals surface area contributed by atoms with E-state index in [1.807, 2.05) is 0 Å². The van der Waals surface area contributed by atoms with Crippen LogP contribution in [0.4, 0.5) is 0 Å². The van der Waals surface area contributed by atoms with Crippen LogP contribution in [0.1, 0.15) is 65.7 Å². The lowest BCUT2D eigenvalue weighted by Gasteiger charge is -2.31. The van der Waals surface area contributed by atoms with Gasteiger partial charge in [-0.2, -0.15) is 0 Å². The second kappa shape index (κ2) is 11.3. The molecular formula is C15H33OSi. The standard InChI is InChI=1S/C15H33OSi/c1-5-9-12-16-17(13-8-4,14-10-6-2)15-11-7-3/h4-15H2,1-3H3. The van der Waals surface area contributed by atoms with Crippen LogP contribution in [0.15, 0.2) is 0 Å². The molecule has 0 fully saturated rings. The summed E-state index contributed by atoms with van der Waals surface area (Å²) in [6.07, 6.45) is 8.83. The van der Waals surface area contributed by atoms with Crippen LogP contribution in [0, 0.1) is 6.92 Å². The molecule has 0 aliphatic heterocycles. The Morgan fingerprint density at radius 3 is 1.76 bits per heavy atom. The molecule has 0 aromatic carbocycles. The highest BCUT2D eigenvalue weighted by atomic mass is 28.4. The van der Waals surface area contributed by atoms with Gasteiger partial charge < -0.3 is 4.43 Å². The first-order chi connectivity index (χ1) is 8.24. The summed E-state index contributed by atoms with van der Waals surface area (Å²) in [4.78, 5) is 0. The predicted molar refractivity (Wildman–Crippen MR) is 80.8 cm³/mol. The van der Waals surface area contributed by atoms with Crippen LogP contribution in [-0.2, 0) is 4.43 Å². The molecule has 0 aromatic heterocycles. The molecule has 0 aliphatic rings. The first kappa shape index (κ1) is 17.2. The van der Waals surface area contributed by atoms with Crippen molar-refractivity contribution in [2.45, 2.75) is 83.8 Å². The van der Waals surface area contributed by atoms with Gasteiger partial charge >= 0.3 is 0 Å². The van der Waals surface area contributed by atoms with Gasteiger partial charge in [0.25, 0.3) is 0 Å². The van der Waals surface area contributed by atoms with Crippen LogP contribution in [0.25, 0.3) is 0 Å². The summed E-state index contributed by atoms with van der Waals surface area (Å²) >= 11 is 0. The van der Waals surface area contributed by atoms with Gasteiger partial charge in [-0.3, -0.25) is 0 Å². The van der Waals surface area contributed by atoms with Crippen molar-refractivity contribution in [3.63, 3.8) is 0 Å². The van der Waals surface area contributed by atoms with E-state index in [-0.39, 0.29) is 0 Å². The highest BCUT2D eigenvalue weighted by Crippen LogP contribution is 2.29. The fourth-order valence-electron chi connectivity index (χ4n) is 2.34. The summed E-state index contributed by atoms with van der Waals surface area (Å²) in [7, 11) is -1.44. The molecule has 2 heteroatoms. The zero-order chi connectivity index (χ0) is 13.0. The molecule has 0 N–H and O–H groups in total. The monoisotopic (exact) mass is 257 g/mol. The molecule has 103 valence electrons. The van der Waals surface area contributed by atoms with Crippen molar-refractivity contribution >= 4 is 8.32 Å². The third kappa shape index (κ3) is 7.99.